The molecule has 0 spiro atoms. The van der Waals surface area contributed by atoms with E-state index in [2.05, 4.69) is 0 Å². The number of halogens is 2. The van der Waals surface area contributed by atoms with Crippen LogP contribution in [0.1, 0.15) is 27.7 Å². The molecule has 0 aromatic carbocycles. The highest BCUT2D eigenvalue weighted by atomic mass is 32.2. The molecule has 1 aliphatic heterocycles. The van der Waals surface area contributed by atoms with Crippen molar-refractivity contribution in [3.05, 3.63) is 11.0 Å². The van der Waals surface area contributed by atoms with Crippen molar-refractivity contribution < 1.29 is 46.9 Å². The molecule has 0 bridgehead atoms. The molecule has 1 fully saturated rings. The molecule has 1 aliphatic rings. The Bertz CT molecular complexity index is 617. The summed E-state index contributed by atoms with van der Waals surface area (Å²) in [4.78, 5) is 44.5. The number of carbonyl (C=O) groups excluding carboxylic acids is 4. The van der Waals surface area contributed by atoms with Gasteiger partial charge in [-0.05, 0) is 0 Å². The first-order chi connectivity index (χ1) is 12.0. The molecular weight excluding hydrogens is 378 g/mol. The maximum Gasteiger partial charge on any atom is 0.303 e. The third-order valence-electron chi connectivity index (χ3n) is 3.06. The molecule has 0 radical (unpaired) electrons. The number of carbonyl (C=O) groups is 4. The van der Waals surface area contributed by atoms with E-state index in [9.17, 15) is 28.0 Å². The molecule has 11 heteroatoms. The Morgan fingerprint density at radius 3 is 1.77 bits per heavy atom. The average molecular weight is 396 g/mol. The van der Waals surface area contributed by atoms with Crippen LogP contribution < -0.4 is 0 Å². The summed E-state index contributed by atoms with van der Waals surface area (Å²) in [7, 11) is 0. The van der Waals surface area contributed by atoms with Crippen LogP contribution >= 0.6 is 11.8 Å². The van der Waals surface area contributed by atoms with Crippen LogP contribution in [0.5, 0.6) is 0 Å². The van der Waals surface area contributed by atoms with Crippen LogP contribution in [0.25, 0.3) is 0 Å². The largest absolute Gasteiger partial charge is 0.465 e. The lowest BCUT2D eigenvalue weighted by Crippen LogP contribution is -2.54. The smallest absolute Gasteiger partial charge is 0.303 e. The van der Waals surface area contributed by atoms with Crippen LogP contribution in [0.15, 0.2) is 11.0 Å². The molecule has 0 aliphatic carbocycles. The Hall–Kier alpha value is -2.17. The number of rotatable bonds is 5. The zero-order valence-corrected chi connectivity index (χ0v) is 15.3. The minimum atomic E-state index is -2.16. The number of hydrogen-bond donors (Lipinski definition) is 0. The maximum absolute atomic E-state index is 13.4. The Balaban J connectivity index is 3.34. The van der Waals surface area contributed by atoms with Crippen molar-refractivity contribution in [3.8, 4) is 0 Å². The van der Waals surface area contributed by atoms with E-state index in [-0.39, 0.29) is 6.61 Å². The van der Waals surface area contributed by atoms with E-state index < -0.39 is 58.4 Å². The lowest BCUT2D eigenvalue weighted by molar-refractivity contribution is -0.181. The summed E-state index contributed by atoms with van der Waals surface area (Å²) < 4.78 is 46.6. The Labute approximate surface area is 152 Å². The van der Waals surface area contributed by atoms with E-state index in [1.54, 1.807) is 0 Å². The molecule has 0 N–H and O–H groups in total. The third-order valence-corrected chi connectivity index (χ3v) is 4.41. The van der Waals surface area contributed by atoms with E-state index in [0.29, 0.717) is 11.8 Å². The van der Waals surface area contributed by atoms with Gasteiger partial charge < -0.3 is 18.9 Å². The van der Waals surface area contributed by atoms with Crippen molar-refractivity contribution in [1.29, 1.82) is 0 Å². The molecule has 0 amide bonds. The molecule has 1 heterocycles. The molecule has 1 rings (SSSR count). The first-order valence-corrected chi connectivity index (χ1v) is 8.27. The van der Waals surface area contributed by atoms with Gasteiger partial charge in [0.25, 0.3) is 6.08 Å². The fourth-order valence-electron chi connectivity index (χ4n) is 2.27. The quantitative estimate of drug-likeness (QED) is 0.506. The second kappa shape index (κ2) is 9.51. The van der Waals surface area contributed by atoms with E-state index >= 15 is 0 Å². The van der Waals surface area contributed by atoms with E-state index in [1.165, 1.54) is 0 Å². The summed E-state index contributed by atoms with van der Waals surface area (Å²) in [6, 6.07) is 0. The molecule has 0 unspecified atom stereocenters. The SMILES string of the molecule is CC(=O)OC[C@H]1SC(=C(F)F)[C@H](OC(C)=O)[C@@H](OC(C)=O)[C@H]1OC(C)=O. The summed E-state index contributed by atoms with van der Waals surface area (Å²) in [6.07, 6.45) is -6.64. The van der Waals surface area contributed by atoms with Crippen molar-refractivity contribution in [1.82, 2.24) is 0 Å². The van der Waals surface area contributed by atoms with Gasteiger partial charge in [0.05, 0.1) is 10.2 Å². The average Bonchev–Trinajstić information content (AvgIpc) is 2.47. The minimum Gasteiger partial charge on any atom is -0.465 e. The molecule has 0 aromatic heterocycles. The molecule has 26 heavy (non-hydrogen) atoms. The van der Waals surface area contributed by atoms with Crippen LogP contribution in [-0.2, 0) is 38.1 Å². The van der Waals surface area contributed by atoms with Crippen LogP contribution in [-0.4, -0.2) is 54.0 Å². The zero-order chi connectivity index (χ0) is 20.0. The van der Waals surface area contributed by atoms with Crippen molar-refractivity contribution in [2.75, 3.05) is 6.61 Å². The van der Waals surface area contributed by atoms with Gasteiger partial charge in [0.1, 0.15) is 6.61 Å². The van der Waals surface area contributed by atoms with Crippen molar-refractivity contribution >= 4 is 35.6 Å². The zero-order valence-electron chi connectivity index (χ0n) is 14.4. The highest BCUT2D eigenvalue weighted by Gasteiger charge is 2.50. The minimum absolute atomic E-state index is 0.390. The normalized spacial score (nSPS) is 25.1. The standard InChI is InChI=1S/C15H18F2O8S/c1-6(18)22-5-10-11(23-7(2)19)12(24-8(3)20)13(25-9(4)21)14(26-10)15(16)17/h10-13H,5H2,1-4H3/t10-,11+,12+,13-/m1/s1. The monoisotopic (exact) mass is 396 g/mol. The molecule has 146 valence electrons. The molecule has 0 saturated carbocycles. The summed E-state index contributed by atoms with van der Waals surface area (Å²) in [5.41, 5.74) is 0. The van der Waals surface area contributed by atoms with Gasteiger partial charge in [0.15, 0.2) is 18.3 Å². The third kappa shape index (κ3) is 6.28. The molecule has 1 saturated heterocycles. The lowest BCUT2D eigenvalue weighted by Gasteiger charge is -2.40. The topological polar surface area (TPSA) is 105 Å². The predicted molar refractivity (Wildman–Crippen MR) is 83.9 cm³/mol. The van der Waals surface area contributed by atoms with Crippen molar-refractivity contribution in [3.63, 3.8) is 0 Å². The van der Waals surface area contributed by atoms with Gasteiger partial charge in [-0.1, -0.05) is 0 Å². The molecule has 0 aromatic rings. The number of thioether (sulfide) groups is 1. The number of esters is 4. The van der Waals surface area contributed by atoms with Crippen LogP contribution in [0.2, 0.25) is 0 Å². The second-order valence-electron chi connectivity index (χ2n) is 5.26. The molecule has 8 nitrogen and oxygen atoms in total. The van der Waals surface area contributed by atoms with Gasteiger partial charge in [-0.2, -0.15) is 8.78 Å². The van der Waals surface area contributed by atoms with Gasteiger partial charge in [-0.3, -0.25) is 19.2 Å². The van der Waals surface area contributed by atoms with E-state index in [4.69, 9.17) is 18.9 Å². The molecular formula is C15H18F2O8S. The second-order valence-corrected chi connectivity index (χ2v) is 6.54. The summed E-state index contributed by atoms with van der Waals surface area (Å²) in [5, 5.41) is -1.00. The van der Waals surface area contributed by atoms with Gasteiger partial charge in [-0.15, -0.1) is 11.8 Å². The predicted octanol–water partition coefficient (Wildman–Crippen LogP) is 1.57. The van der Waals surface area contributed by atoms with Crippen molar-refractivity contribution in [2.24, 2.45) is 0 Å². The van der Waals surface area contributed by atoms with Gasteiger partial charge in [-0.25, -0.2) is 0 Å². The van der Waals surface area contributed by atoms with E-state index in [1.807, 2.05) is 0 Å². The number of ether oxygens (including phenoxy) is 4. The highest BCUT2D eigenvalue weighted by molar-refractivity contribution is 8.03. The summed E-state index contributed by atoms with van der Waals surface area (Å²) >= 11 is 0.519. The number of hydrogen-bond acceptors (Lipinski definition) is 9. The fraction of sp³-hybridized carbons (Fsp3) is 0.600. The van der Waals surface area contributed by atoms with E-state index in [0.717, 1.165) is 27.7 Å². The van der Waals surface area contributed by atoms with Crippen LogP contribution in [0.3, 0.4) is 0 Å². The fourth-order valence-corrected chi connectivity index (χ4v) is 3.48. The Kier molecular flexibility index (Phi) is 8.00. The first-order valence-electron chi connectivity index (χ1n) is 7.39. The van der Waals surface area contributed by atoms with Gasteiger partial charge in [0, 0.05) is 27.7 Å². The maximum atomic E-state index is 13.4. The Morgan fingerprint density at radius 2 is 1.35 bits per heavy atom. The highest BCUT2D eigenvalue weighted by Crippen LogP contribution is 2.42. The van der Waals surface area contributed by atoms with Gasteiger partial charge >= 0.3 is 23.9 Å². The van der Waals surface area contributed by atoms with Crippen LogP contribution in [0.4, 0.5) is 8.78 Å². The van der Waals surface area contributed by atoms with Crippen molar-refractivity contribution in [2.45, 2.75) is 51.3 Å². The molecule has 4 atom stereocenters. The summed E-state index contributed by atoms with van der Waals surface area (Å²) in [6.45, 7) is 3.81. The summed E-state index contributed by atoms with van der Waals surface area (Å²) in [5.74, 6) is -3.22. The lowest BCUT2D eigenvalue weighted by atomic mass is 10.0. The first kappa shape index (κ1) is 21.9. The van der Waals surface area contributed by atoms with Crippen LogP contribution in [0, 0.1) is 0 Å². The van der Waals surface area contributed by atoms with Gasteiger partial charge in [0.2, 0.25) is 0 Å². The Morgan fingerprint density at radius 1 is 0.846 bits per heavy atom.